The van der Waals surface area contributed by atoms with Gasteiger partial charge in [0.05, 0.1) is 17.9 Å². The van der Waals surface area contributed by atoms with Crippen LogP contribution in [0, 0.1) is 5.92 Å². The van der Waals surface area contributed by atoms with Crippen molar-refractivity contribution in [2.45, 2.75) is 19.8 Å². The van der Waals surface area contributed by atoms with Crippen molar-refractivity contribution in [2.75, 3.05) is 24.7 Å². The van der Waals surface area contributed by atoms with Crippen LogP contribution in [0.4, 0.5) is 5.69 Å². The summed E-state index contributed by atoms with van der Waals surface area (Å²) in [6.07, 6.45) is 2.40. The van der Waals surface area contributed by atoms with E-state index in [4.69, 9.17) is 0 Å². The zero-order valence-corrected chi connectivity index (χ0v) is 13.0. The minimum absolute atomic E-state index is 0.397. The van der Waals surface area contributed by atoms with Crippen LogP contribution in [0.15, 0.2) is 22.7 Å². The van der Waals surface area contributed by atoms with Gasteiger partial charge in [-0.1, -0.05) is 22.9 Å². The number of benzene rings is 1. The van der Waals surface area contributed by atoms with Crippen molar-refractivity contribution in [3.8, 4) is 0 Å². The van der Waals surface area contributed by atoms with E-state index in [1.807, 2.05) is 12.1 Å². The van der Waals surface area contributed by atoms with Crippen LogP contribution < -0.4 is 4.90 Å². The molecule has 5 heteroatoms. The van der Waals surface area contributed by atoms with Crippen molar-refractivity contribution < 1.29 is 9.59 Å². The van der Waals surface area contributed by atoms with Gasteiger partial charge in [0, 0.05) is 11.0 Å². The van der Waals surface area contributed by atoms with E-state index in [9.17, 15) is 9.59 Å². The van der Waals surface area contributed by atoms with E-state index < -0.39 is 11.7 Å². The maximum atomic E-state index is 12.2. The molecule has 0 saturated carbocycles. The minimum Gasteiger partial charge on any atom is -0.291 e. The normalized spacial score (nSPS) is 23.3. The number of rotatable bonds is 2. The van der Waals surface area contributed by atoms with Crippen molar-refractivity contribution in [2.24, 2.45) is 5.92 Å². The van der Waals surface area contributed by atoms with Crippen LogP contribution in [0.25, 0.3) is 0 Å². The molecule has 1 atom stereocenters. The van der Waals surface area contributed by atoms with E-state index in [-0.39, 0.29) is 0 Å². The van der Waals surface area contributed by atoms with Gasteiger partial charge in [-0.05, 0) is 43.5 Å². The minimum atomic E-state index is -0.406. The summed E-state index contributed by atoms with van der Waals surface area (Å²) in [7, 11) is 0. The molecule has 1 aromatic carbocycles. The second-order valence-corrected chi connectivity index (χ2v) is 6.61. The summed E-state index contributed by atoms with van der Waals surface area (Å²) in [6.45, 7) is 4.73. The van der Waals surface area contributed by atoms with Crippen molar-refractivity contribution in [3.63, 3.8) is 0 Å². The van der Waals surface area contributed by atoms with Crippen LogP contribution in [-0.2, 0) is 4.79 Å². The summed E-state index contributed by atoms with van der Waals surface area (Å²) in [5.74, 6) is -0.149. The largest absolute Gasteiger partial charge is 0.300 e. The molecule has 0 aromatic heterocycles. The molecule has 0 spiro atoms. The van der Waals surface area contributed by atoms with Gasteiger partial charge in [-0.15, -0.1) is 0 Å². The number of likely N-dealkylation sites (tertiary alicyclic amines) is 1. The molecule has 2 aliphatic heterocycles. The highest BCUT2D eigenvalue weighted by atomic mass is 79.9. The van der Waals surface area contributed by atoms with Crippen LogP contribution in [-0.4, -0.2) is 36.3 Å². The van der Waals surface area contributed by atoms with Gasteiger partial charge in [0.25, 0.3) is 5.78 Å². The number of carbonyl (C=O) groups is 2. The van der Waals surface area contributed by atoms with Crippen molar-refractivity contribution in [1.82, 2.24) is 4.90 Å². The fraction of sp³-hybridized carbons (Fsp3) is 0.467. The van der Waals surface area contributed by atoms with Gasteiger partial charge in [0.1, 0.15) is 0 Å². The summed E-state index contributed by atoms with van der Waals surface area (Å²) >= 11 is 3.35. The van der Waals surface area contributed by atoms with Crippen molar-refractivity contribution in [1.29, 1.82) is 0 Å². The van der Waals surface area contributed by atoms with Gasteiger partial charge in [-0.25, -0.2) is 0 Å². The first-order valence-corrected chi connectivity index (χ1v) is 7.73. The second-order valence-electron chi connectivity index (χ2n) is 5.69. The Labute approximate surface area is 126 Å². The first kappa shape index (κ1) is 13.8. The highest BCUT2D eigenvalue weighted by molar-refractivity contribution is 9.10. The monoisotopic (exact) mass is 336 g/mol. The lowest BCUT2D eigenvalue weighted by molar-refractivity contribution is -0.114. The predicted octanol–water partition coefficient (Wildman–Crippen LogP) is 2.67. The average molecular weight is 337 g/mol. The number of Topliss-reactive ketones (excluding diaryl/α,β-unsaturated/α-hetero) is 1. The molecular formula is C15H17BrN2O2. The van der Waals surface area contributed by atoms with Gasteiger partial charge < -0.3 is 0 Å². The van der Waals surface area contributed by atoms with E-state index in [0.29, 0.717) is 18.2 Å². The molecule has 0 radical (unpaired) electrons. The number of hydrogen-bond acceptors (Lipinski definition) is 3. The number of halogens is 1. The summed E-state index contributed by atoms with van der Waals surface area (Å²) < 4.78 is 0.825. The predicted molar refractivity (Wildman–Crippen MR) is 80.8 cm³/mol. The fourth-order valence-corrected chi connectivity index (χ4v) is 3.39. The number of ketones is 1. The zero-order valence-electron chi connectivity index (χ0n) is 11.4. The maximum Gasteiger partial charge on any atom is 0.300 e. The van der Waals surface area contributed by atoms with Crippen LogP contribution in [0.1, 0.15) is 30.1 Å². The molecule has 0 N–H and O–H groups in total. The Balaban J connectivity index is 1.84. The number of nitrogens with zero attached hydrogens (tertiary/aromatic N) is 2. The summed E-state index contributed by atoms with van der Waals surface area (Å²) in [4.78, 5) is 28.1. The molecule has 3 rings (SSSR count). The Bertz CT molecular complexity index is 573. The summed E-state index contributed by atoms with van der Waals surface area (Å²) in [5, 5.41) is 0. The molecule has 2 aliphatic rings. The van der Waals surface area contributed by atoms with Gasteiger partial charge in [0.2, 0.25) is 0 Å². The molecule has 1 aromatic rings. The number of fused-ring (bicyclic) bond motifs is 1. The van der Waals surface area contributed by atoms with E-state index >= 15 is 0 Å². The SMILES string of the molecule is C[C@H]1CCCN(CN2C(=O)C(=O)c3cc(Br)ccc32)C1. The van der Waals surface area contributed by atoms with Crippen LogP contribution in [0.3, 0.4) is 0 Å². The smallest absolute Gasteiger partial charge is 0.291 e. The lowest BCUT2D eigenvalue weighted by Gasteiger charge is -2.33. The van der Waals surface area contributed by atoms with E-state index in [2.05, 4.69) is 27.8 Å². The van der Waals surface area contributed by atoms with Crippen LogP contribution >= 0.6 is 15.9 Å². The maximum absolute atomic E-state index is 12.2. The molecule has 1 amide bonds. The molecule has 106 valence electrons. The van der Waals surface area contributed by atoms with Crippen LogP contribution in [0.2, 0.25) is 0 Å². The standard InChI is InChI=1S/C15H17BrN2O2/c1-10-3-2-6-17(8-10)9-18-13-5-4-11(16)7-12(13)14(19)15(18)20/h4-5,7,10H,2-3,6,8-9H2,1H3/t10-/m0/s1. The van der Waals surface area contributed by atoms with Gasteiger partial charge in [0.15, 0.2) is 0 Å². The van der Waals surface area contributed by atoms with E-state index in [0.717, 1.165) is 29.7 Å². The van der Waals surface area contributed by atoms with Crippen molar-refractivity contribution in [3.05, 3.63) is 28.2 Å². The number of hydrogen-bond donors (Lipinski definition) is 0. The Kier molecular flexibility index (Phi) is 3.65. The number of anilines is 1. The molecule has 1 saturated heterocycles. The lowest BCUT2D eigenvalue weighted by atomic mass is 10.0. The first-order valence-electron chi connectivity index (χ1n) is 6.94. The highest BCUT2D eigenvalue weighted by Gasteiger charge is 2.37. The molecule has 2 heterocycles. The molecular weight excluding hydrogens is 320 g/mol. The quantitative estimate of drug-likeness (QED) is 0.779. The second kappa shape index (κ2) is 5.30. The number of piperidine rings is 1. The Hall–Kier alpha value is -1.20. The molecule has 4 nitrogen and oxygen atoms in total. The van der Waals surface area contributed by atoms with Crippen molar-refractivity contribution >= 4 is 33.3 Å². The zero-order chi connectivity index (χ0) is 14.3. The van der Waals surface area contributed by atoms with E-state index in [1.54, 1.807) is 11.0 Å². The highest BCUT2D eigenvalue weighted by Crippen LogP contribution is 2.31. The average Bonchev–Trinajstić information content (AvgIpc) is 2.64. The van der Waals surface area contributed by atoms with Gasteiger partial charge in [-0.2, -0.15) is 0 Å². The Morgan fingerprint density at radius 2 is 2.15 bits per heavy atom. The molecule has 0 aliphatic carbocycles. The fourth-order valence-electron chi connectivity index (χ4n) is 3.03. The summed E-state index contributed by atoms with van der Waals surface area (Å²) in [6, 6.07) is 5.44. The Morgan fingerprint density at radius 3 is 2.90 bits per heavy atom. The number of carbonyl (C=O) groups excluding carboxylic acids is 2. The third kappa shape index (κ3) is 2.40. The van der Waals surface area contributed by atoms with Crippen LogP contribution in [0.5, 0.6) is 0 Å². The lowest BCUT2D eigenvalue weighted by Crippen LogP contribution is -2.44. The first-order chi connectivity index (χ1) is 9.56. The third-order valence-corrected chi connectivity index (χ3v) is 4.51. The third-order valence-electron chi connectivity index (χ3n) is 4.02. The number of amides is 1. The molecule has 1 fully saturated rings. The summed E-state index contributed by atoms with van der Waals surface area (Å²) in [5.41, 5.74) is 1.25. The van der Waals surface area contributed by atoms with E-state index in [1.165, 1.54) is 6.42 Å². The van der Waals surface area contributed by atoms with Gasteiger partial charge >= 0.3 is 5.91 Å². The topological polar surface area (TPSA) is 40.6 Å². The molecule has 0 bridgehead atoms. The Morgan fingerprint density at radius 1 is 1.35 bits per heavy atom. The molecule has 0 unspecified atom stereocenters. The molecule has 20 heavy (non-hydrogen) atoms. The van der Waals surface area contributed by atoms with Gasteiger partial charge in [-0.3, -0.25) is 19.4 Å².